The zero-order chi connectivity index (χ0) is 13.1. The third-order valence-corrected chi connectivity index (χ3v) is 3.73. The van der Waals surface area contributed by atoms with Gasteiger partial charge >= 0.3 is 0 Å². The molecule has 18 heavy (non-hydrogen) atoms. The van der Waals surface area contributed by atoms with Gasteiger partial charge in [0.05, 0.1) is 0 Å². The van der Waals surface area contributed by atoms with Gasteiger partial charge < -0.3 is 10.6 Å². The molecule has 1 aliphatic carbocycles. The Morgan fingerprint density at radius 3 is 2.78 bits per heavy atom. The highest BCUT2D eigenvalue weighted by atomic mass is 35.5. The Bertz CT molecular complexity index is 443. The zero-order valence-corrected chi connectivity index (χ0v) is 12.2. The van der Waals surface area contributed by atoms with Gasteiger partial charge in [-0.3, -0.25) is 0 Å². The van der Waals surface area contributed by atoms with Crippen molar-refractivity contribution >= 4 is 34.5 Å². The van der Waals surface area contributed by atoms with Crippen molar-refractivity contribution in [3.8, 4) is 0 Å². The van der Waals surface area contributed by atoms with Crippen molar-refractivity contribution in [2.45, 2.75) is 38.6 Å². The predicted octanol–water partition coefficient (Wildman–Crippen LogP) is 3.74. The smallest absolute Gasteiger partial charge is 0.106 e. The molecule has 1 aliphatic rings. The molecule has 1 aromatic carbocycles. The summed E-state index contributed by atoms with van der Waals surface area (Å²) in [7, 11) is 0. The Morgan fingerprint density at radius 2 is 2.22 bits per heavy atom. The highest BCUT2D eigenvalue weighted by Crippen LogP contribution is 2.35. The number of anilines is 1. The van der Waals surface area contributed by atoms with E-state index in [1.54, 1.807) is 0 Å². The lowest BCUT2D eigenvalue weighted by Crippen LogP contribution is -2.29. The van der Waals surface area contributed by atoms with Crippen LogP contribution in [0.3, 0.4) is 0 Å². The largest absolute Gasteiger partial charge is 0.389 e. The van der Waals surface area contributed by atoms with Crippen molar-refractivity contribution in [2.75, 3.05) is 11.4 Å². The average molecular weight is 283 g/mol. The third-order valence-electron chi connectivity index (χ3n) is 3.27. The number of rotatable bonds is 6. The first kappa shape index (κ1) is 13.6. The molecular formula is C14H19ClN2S. The fourth-order valence-corrected chi connectivity index (χ4v) is 2.50. The lowest BCUT2D eigenvalue weighted by atomic mass is 10.1. The van der Waals surface area contributed by atoms with Crippen LogP contribution in [0.15, 0.2) is 18.2 Å². The van der Waals surface area contributed by atoms with Gasteiger partial charge in [0.25, 0.3) is 0 Å². The van der Waals surface area contributed by atoms with Crippen LogP contribution < -0.4 is 10.6 Å². The summed E-state index contributed by atoms with van der Waals surface area (Å²) in [6, 6.07) is 6.42. The molecule has 0 saturated heterocycles. The van der Waals surface area contributed by atoms with Crippen LogP contribution in [0, 0.1) is 0 Å². The van der Waals surface area contributed by atoms with E-state index in [1.807, 2.05) is 18.2 Å². The van der Waals surface area contributed by atoms with E-state index in [-0.39, 0.29) is 0 Å². The molecule has 2 N–H and O–H groups in total. The number of unbranched alkanes of at least 4 members (excludes halogenated alkanes) is 1. The molecular weight excluding hydrogens is 264 g/mol. The van der Waals surface area contributed by atoms with Gasteiger partial charge in [0.1, 0.15) is 4.99 Å². The molecule has 1 saturated carbocycles. The topological polar surface area (TPSA) is 29.3 Å². The van der Waals surface area contributed by atoms with Crippen molar-refractivity contribution in [2.24, 2.45) is 5.73 Å². The first-order valence-electron chi connectivity index (χ1n) is 6.49. The van der Waals surface area contributed by atoms with Gasteiger partial charge in [-0.2, -0.15) is 0 Å². The number of benzene rings is 1. The Labute approximate surface area is 119 Å². The van der Waals surface area contributed by atoms with Crippen molar-refractivity contribution in [1.29, 1.82) is 0 Å². The van der Waals surface area contributed by atoms with Crippen LogP contribution in [0.1, 0.15) is 38.2 Å². The predicted molar refractivity (Wildman–Crippen MR) is 82.6 cm³/mol. The molecule has 2 nitrogen and oxygen atoms in total. The van der Waals surface area contributed by atoms with E-state index in [9.17, 15) is 0 Å². The van der Waals surface area contributed by atoms with Crippen LogP contribution in [0.2, 0.25) is 5.02 Å². The molecule has 4 heteroatoms. The maximum absolute atomic E-state index is 6.11. The van der Waals surface area contributed by atoms with E-state index < -0.39 is 0 Å². The molecule has 1 aromatic rings. The summed E-state index contributed by atoms with van der Waals surface area (Å²) in [5.41, 5.74) is 7.86. The molecule has 1 fully saturated rings. The summed E-state index contributed by atoms with van der Waals surface area (Å²) >= 11 is 11.3. The summed E-state index contributed by atoms with van der Waals surface area (Å²) in [5.74, 6) is 0. The van der Waals surface area contributed by atoms with Crippen LogP contribution >= 0.6 is 23.8 Å². The molecule has 0 heterocycles. The minimum absolute atomic E-state index is 0.448. The van der Waals surface area contributed by atoms with Gasteiger partial charge in [0, 0.05) is 28.9 Å². The van der Waals surface area contributed by atoms with Crippen LogP contribution in [0.4, 0.5) is 5.69 Å². The van der Waals surface area contributed by atoms with Gasteiger partial charge in [-0.05, 0) is 37.5 Å². The summed E-state index contributed by atoms with van der Waals surface area (Å²) < 4.78 is 0. The fourth-order valence-electron chi connectivity index (χ4n) is 2.17. The van der Waals surface area contributed by atoms with Gasteiger partial charge in [-0.25, -0.2) is 0 Å². The summed E-state index contributed by atoms with van der Waals surface area (Å²) in [6.07, 6.45) is 4.88. The van der Waals surface area contributed by atoms with Gasteiger partial charge in [0.2, 0.25) is 0 Å². The van der Waals surface area contributed by atoms with E-state index in [4.69, 9.17) is 29.6 Å². The standard InChI is InChI=1S/C14H19ClN2S/c1-2-3-8-17(11-5-6-11)13-9-10(15)4-7-12(13)14(16)18/h4,7,9,11H,2-3,5-6,8H2,1H3,(H2,16,18). The Morgan fingerprint density at radius 1 is 1.50 bits per heavy atom. The molecule has 0 atom stereocenters. The maximum Gasteiger partial charge on any atom is 0.106 e. The molecule has 98 valence electrons. The van der Waals surface area contributed by atoms with Crippen LogP contribution in [0.5, 0.6) is 0 Å². The van der Waals surface area contributed by atoms with E-state index in [0.29, 0.717) is 11.0 Å². The summed E-state index contributed by atoms with van der Waals surface area (Å²) in [4.78, 5) is 2.87. The molecule has 0 spiro atoms. The number of hydrogen-bond acceptors (Lipinski definition) is 2. The summed E-state index contributed by atoms with van der Waals surface area (Å²) in [5, 5.41) is 0.743. The molecule has 0 amide bonds. The second kappa shape index (κ2) is 5.89. The number of nitrogens with two attached hydrogens (primary N) is 1. The van der Waals surface area contributed by atoms with Gasteiger partial charge in [-0.1, -0.05) is 37.2 Å². The number of nitrogens with zero attached hydrogens (tertiary/aromatic N) is 1. The minimum atomic E-state index is 0.448. The normalized spacial score (nSPS) is 14.6. The molecule has 0 aliphatic heterocycles. The Kier molecular flexibility index (Phi) is 4.46. The van der Waals surface area contributed by atoms with Crippen molar-refractivity contribution in [3.63, 3.8) is 0 Å². The maximum atomic E-state index is 6.11. The average Bonchev–Trinajstić information content (AvgIpc) is 3.13. The van der Waals surface area contributed by atoms with E-state index >= 15 is 0 Å². The molecule has 2 rings (SSSR count). The Hall–Kier alpha value is -0.800. The molecule has 0 bridgehead atoms. The third kappa shape index (κ3) is 3.15. The summed E-state index contributed by atoms with van der Waals surface area (Å²) in [6.45, 7) is 3.26. The zero-order valence-electron chi connectivity index (χ0n) is 10.7. The van der Waals surface area contributed by atoms with Gasteiger partial charge in [0.15, 0.2) is 0 Å². The number of halogens is 1. The van der Waals surface area contributed by atoms with Crippen molar-refractivity contribution < 1.29 is 0 Å². The lowest BCUT2D eigenvalue weighted by Gasteiger charge is -2.27. The van der Waals surface area contributed by atoms with E-state index in [1.165, 1.54) is 25.7 Å². The molecule has 0 radical (unpaired) electrons. The second-order valence-corrected chi connectivity index (χ2v) is 5.68. The molecule has 0 unspecified atom stereocenters. The highest BCUT2D eigenvalue weighted by molar-refractivity contribution is 7.80. The number of thiocarbonyl (C=S) groups is 1. The van der Waals surface area contributed by atoms with Crippen molar-refractivity contribution in [1.82, 2.24) is 0 Å². The van der Waals surface area contributed by atoms with E-state index in [2.05, 4.69) is 11.8 Å². The lowest BCUT2D eigenvalue weighted by molar-refractivity contribution is 0.713. The quantitative estimate of drug-likeness (QED) is 0.806. The second-order valence-electron chi connectivity index (χ2n) is 4.80. The Balaban J connectivity index is 2.32. The SMILES string of the molecule is CCCCN(c1cc(Cl)ccc1C(N)=S)C1CC1. The first-order chi connectivity index (χ1) is 8.63. The number of hydrogen-bond donors (Lipinski definition) is 1. The van der Waals surface area contributed by atoms with Crippen molar-refractivity contribution in [3.05, 3.63) is 28.8 Å². The minimum Gasteiger partial charge on any atom is -0.389 e. The van der Waals surface area contributed by atoms with E-state index in [0.717, 1.165) is 22.8 Å². The molecule has 0 aromatic heterocycles. The van der Waals surface area contributed by atoms with Crippen LogP contribution in [-0.2, 0) is 0 Å². The van der Waals surface area contributed by atoms with Crippen LogP contribution in [-0.4, -0.2) is 17.6 Å². The fraction of sp³-hybridized carbons (Fsp3) is 0.500. The van der Waals surface area contributed by atoms with Crippen LogP contribution in [0.25, 0.3) is 0 Å². The van der Waals surface area contributed by atoms with Gasteiger partial charge in [-0.15, -0.1) is 0 Å². The highest BCUT2D eigenvalue weighted by Gasteiger charge is 2.30. The first-order valence-corrected chi connectivity index (χ1v) is 7.28. The monoisotopic (exact) mass is 282 g/mol.